The highest BCUT2D eigenvalue weighted by molar-refractivity contribution is 6.31. The van der Waals surface area contributed by atoms with Gasteiger partial charge in [-0.05, 0) is 37.0 Å². The van der Waals surface area contributed by atoms with E-state index in [1.807, 2.05) is 6.07 Å². The number of aldehydes is 1. The first kappa shape index (κ1) is 12.0. The van der Waals surface area contributed by atoms with Crippen LogP contribution in [0.3, 0.4) is 0 Å². The van der Waals surface area contributed by atoms with Gasteiger partial charge in [-0.2, -0.15) is 0 Å². The molecule has 0 saturated heterocycles. The molecule has 1 saturated carbocycles. The van der Waals surface area contributed by atoms with Gasteiger partial charge >= 0.3 is 0 Å². The van der Waals surface area contributed by atoms with Crippen molar-refractivity contribution in [1.29, 1.82) is 0 Å². The lowest BCUT2D eigenvalue weighted by atomic mass is 10.1. The summed E-state index contributed by atoms with van der Waals surface area (Å²) in [7, 11) is 0. The van der Waals surface area contributed by atoms with Crippen LogP contribution < -0.4 is 4.90 Å². The third-order valence-corrected chi connectivity index (χ3v) is 3.15. The van der Waals surface area contributed by atoms with E-state index < -0.39 is 0 Å². The molecule has 0 bridgehead atoms. The zero-order chi connectivity index (χ0) is 12.3. The molecular weight excluding hydrogens is 234 g/mol. The van der Waals surface area contributed by atoms with Crippen LogP contribution >= 0.6 is 11.6 Å². The summed E-state index contributed by atoms with van der Waals surface area (Å²) in [6.07, 6.45) is 8.72. The second kappa shape index (κ2) is 5.25. The molecule has 0 atom stereocenters. The van der Waals surface area contributed by atoms with Gasteiger partial charge in [-0.25, -0.2) is 0 Å². The second-order valence-corrected chi connectivity index (χ2v) is 4.79. The van der Waals surface area contributed by atoms with Crippen molar-refractivity contribution in [1.82, 2.24) is 0 Å². The van der Waals surface area contributed by atoms with Crippen molar-refractivity contribution in [2.75, 3.05) is 18.0 Å². The van der Waals surface area contributed by atoms with Gasteiger partial charge in [0.05, 0.1) is 6.54 Å². The van der Waals surface area contributed by atoms with Gasteiger partial charge in [0.15, 0.2) is 6.29 Å². The van der Waals surface area contributed by atoms with Gasteiger partial charge in [0.1, 0.15) is 0 Å². The molecule has 17 heavy (non-hydrogen) atoms. The first-order chi connectivity index (χ1) is 8.24. The number of terminal acetylenes is 1. The van der Waals surface area contributed by atoms with E-state index in [0.29, 0.717) is 17.1 Å². The van der Waals surface area contributed by atoms with E-state index in [1.165, 1.54) is 12.8 Å². The van der Waals surface area contributed by atoms with Crippen molar-refractivity contribution >= 4 is 23.6 Å². The SMILES string of the molecule is C#CCN(CC1CC1)c1ccc(Cl)cc1C=O. The Morgan fingerprint density at radius 1 is 1.53 bits per heavy atom. The highest BCUT2D eigenvalue weighted by atomic mass is 35.5. The van der Waals surface area contributed by atoms with Crippen LogP contribution in [0.4, 0.5) is 5.69 Å². The third-order valence-electron chi connectivity index (χ3n) is 2.91. The Labute approximate surface area is 107 Å². The molecule has 2 rings (SSSR count). The molecule has 0 amide bonds. The van der Waals surface area contributed by atoms with Crippen molar-refractivity contribution in [2.45, 2.75) is 12.8 Å². The van der Waals surface area contributed by atoms with Crippen molar-refractivity contribution in [3.05, 3.63) is 28.8 Å². The number of hydrogen-bond donors (Lipinski definition) is 0. The summed E-state index contributed by atoms with van der Waals surface area (Å²) in [4.78, 5) is 13.1. The molecule has 1 aromatic carbocycles. The lowest BCUT2D eigenvalue weighted by molar-refractivity contribution is 0.112. The van der Waals surface area contributed by atoms with Crippen LogP contribution in [0.1, 0.15) is 23.2 Å². The van der Waals surface area contributed by atoms with Gasteiger partial charge < -0.3 is 4.90 Å². The molecule has 2 nitrogen and oxygen atoms in total. The molecule has 0 aliphatic heterocycles. The van der Waals surface area contributed by atoms with Crippen molar-refractivity contribution in [2.24, 2.45) is 5.92 Å². The molecule has 1 fully saturated rings. The van der Waals surface area contributed by atoms with Gasteiger partial charge in [-0.15, -0.1) is 6.42 Å². The molecule has 0 unspecified atom stereocenters. The van der Waals surface area contributed by atoms with E-state index in [0.717, 1.165) is 24.4 Å². The molecule has 1 aliphatic carbocycles. The van der Waals surface area contributed by atoms with E-state index >= 15 is 0 Å². The summed E-state index contributed by atoms with van der Waals surface area (Å²) in [5.74, 6) is 3.36. The molecular formula is C14H14ClNO. The normalized spacial score (nSPS) is 14.1. The lowest BCUT2D eigenvalue weighted by Gasteiger charge is -2.23. The predicted octanol–water partition coefficient (Wildman–Crippen LogP) is 3.00. The Morgan fingerprint density at radius 2 is 2.29 bits per heavy atom. The van der Waals surface area contributed by atoms with E-state index in [4.69, 9.17) is 18.0 Å². The average molecular weight is 248 g/mol. The molecule has 1 aliphatic rings. The minimum Gasteiger partial charge on any atom is -0.360 e. The Morgan fingerprint density at radius 3 is 2.88 bits per heavy atom. The van der Waals surface area contributed by atoms with E-state index in [-0.39, 0.29) is 0 Å². The third kappa shape index (κ3) is 3.01. The zero-order valence-electron chi connectivity index (χ0n) is 9.53. The summed E-state index contributed by atoms with van der Waals surface area (Å²) in [6.45, 7) is 1.45. The number of hydrogen-bond acceptors (Lipinski definition) is 2. The van der Waals surface area contributed by atoms with E-state index in [1.54, 1.807) is 12.1 Å². The van der Waals surface area contributed by atoms with Crippen LogP contribution in [0.25, 0.3) is 0 Å². The average Bonchev–Trinajstić information content (AvgIpc) is 3.12. The number of carbonyl (C=O) groups is 1. The molecule has 0 heterocycles. The topological polar surface area (TPSA) is 20.3 Å². The number of halogens is 1. The largest absolute Gasteiger partial charge is 0.360 e. The minimum atomic E-state index is 0.527. The molecule has 0 radical (unpaired) electrons. The highest BCUT2D eigenvalue weighted by Crippen LogP contribution is 2.32. The maximum Gasteiger partial charge on any atom is 0.152 e. The number of benzene rings is 1. The zero-order valence-corrected chi connectivity index (χ0v) is 10.3. The van der Waals surface area contributed by atoms with Crippen LogP contribution in [0.5, 0.6) is 0 Å². The summed E-state index contributed by atoms with van der Waals surface area (Å²) in [5.41, 5.74) is 1.49. The van der Waals surface area contributed by atoms with E-state index in [2.05, 4.69) is 10.8 Å². The fraction of sp³-hybridized carbons (Fsp3) is 0.357. The summed E-state index contributed by atoms with van der Waals surface area (Å²) >= 11 is 5.88. The van der Waals surface area contributed by atoms with Gasteiger partial charge in [-0.3, -0.25) is 4.79 Å². The standard InChI is InChI=1S/C14H14ClNO/c1-2-7-16(9-11-3-4-11)14-6-5-13(15)8-12(14)10-17/h1,5-6,8,10-11H,3-4,7,9H2. The van der Waals surface area contributed by atoms with Crippen LogP contribution in [-0.2, 0) is 0 Å². The van der Waals surface area contributed by atoms with Gasteiger partial charge in [0.2, 0.25) is 0 Å². The predicted molar refractivity (Wildman–Crippen MR) is 70.6 cm³/mol. The Balaban J connectivity index is 2.27. The Hall–Kier alpha value is -1.46. The summed E-state index contributed by atoms with van der Waals surface area (Å²) in [6, 6.07) is 5.34. The molecule has 0 spiro atoms. The van der Waals surface area contributed by atoms with Crippen LogP contribution in [-0.4, -0.2) is 19.4 Å². The molecule has 0 aromatic heterocycles. The Kier molecular flexibility index (Phi) is 3.71. The smallest absolute Gasteiger partial charge is 0.152 e. The quantitative estimate of drug-likeness (QED) is 0.589. The maximum absolute atomic E-state index is 11.1. The number of anilines is 1. The van der Waals surface area contributed by atoms with E-state index in [9.17, 15) is 4.79 Å². The number of nitrogens with zero attached hydrogens (tertiary/aromatic N) is 1. The highest BCUT2D eigenvalue weighted by Gasteiger charge is 2.25. The fourth-order valence-electron chi connectivity index (χ4n) is 1.88. The molecule has 0 N–H and O–H groups in total. The van der Waals surface area contributed by atoms with Crippen molar-refractivity contribution < 1.29 is 4.79 Å². The molecule has 88 valence electrons. The minimum absolute atomic E-state index is 0.527. The number of carbonyl (C=O) groups excluding carboxylic acids is 1. The monoisotopic (exact) mass is 247 g/mol. The summed E-state index contributed by atoms with van der Waals surface area (Å²) < 4.78 is 0. The van der Waals surface area contributed by atoms with Crippen molar-refractivity contribution in [3.63, 3.8) is 0 Å². The first-order valence-corrected chi connectivity index (χ1v) is 6.05. The number of rotatable bonds is 5. The van der Waals surface area contributed by atoms with Gasteiger partial charge in [0, 0.05) is 22.8 Å². The fourth-order valence-corrected chi connectivity index (χ4v) is 2.06. The van der Waals surface area contributed by atoms with Gasteiger partial charge in [0.25, 0.3) is 0 Å². The van der Waals surface area contributed by atoms with Crippen LogP contribution in [0.2, 0.25) is 5.02 Å². The Bertz CT molecular complexity index is 460. The molecule has 1 aromatic rings. The van der Waals surface area contributed by atoms with Crippen molar-refractivity contribution in [3.8, 4) is 12.3 Å². The van der Waals surface area contributed by atoms with Crippen LogP contribution in [0, 0.1) is 18.3 Å². The van der Waals surface area contributed by atoms with Gasteiger partial charge in [-0.1, -0.05) is 17.5 Å². The lowest BCUT2D eigenvalue weighted by Crippen LogP contribution is -2.27. The molecule has 3 heteroatoms. The maximum atomic E-state index is 11.1. The first-order valence-electron chi connectivity index (χ1n) is 5.67. The summed E-state index contributed by atoms with van der Waals surface area (Å²) in [5, 5.41) is 0.572. The van der Waals surface area contributed by atoms with Crippen LogP contribution in [0.15, 0.2) is 18.2 Å². The second-order valence-electron chi connectivity index (χ2n) is 4.35.